The van der Waals surface area contributed by atoms with Crippen LogP contribution in [-0.4, -0.2) is 30.8 Å². The molecule has 5 nitrogen and oxygen atoms in total. The van der Waals surface area contributed by atoms with Crippen LogP contribution in [0.2, 0.25) is 0 Å². The number of halogens is 1. The molecule has 3 unspecified atom stereocenters. The van der Waals surface area contributed by atoms with E-state index in [1.165, 1.54) is 12.1 Å². The Labute approximate surface area is 111 Å². The number of anilines is 1. The average Bonchev–Trinajstić information content (AvgIpc) is 2.39. The third kappa shape index (κ3) is 3.21. The van der Waals surface area contributed by atoms with Crippen molar-refractivity contribution in [2.24, 2.45) is 5.73 Å². The molecule has 104 valence electrons. The van der Waals surface area contributed by atoms with Crippen LogP contribution in [0.25, 0.3) is 0 Å². The zero-order valence-electron chi connectivity index (χ0n) is 10.7. The molecule has 3 atom stereocenters. The fourth-order valence-corrected chi connectivity index (χ4v) is 2.10. The number of urea groups is 1. The van der Waals surface area contributed by atoms with Crippen molar-refractivity contribution in [2.45, 2.75) is 31.5 Å². The van der Waals surface area contributed by atoms with Crippen molar-refractivity contribution >= 4 is 11.7 Å². The Kier molecular flexibility index (Phi) is 4.34. The van der Waals surface area contributed by atoms with Crippen molar-refractivity contribution in [3.63, 3.8) is 0 Å². The van der Waals surface area contributed by atoms with Crippen LogP contribution in [0.5, 0.6) is 0 Å². The number of benzene rings is 1. The normalized spacial score (nSPS) is 25.5. The predicted molar refractivity (Wildman–Crippen MR) is 70.3 cm³/mol. The van der Waals surface area contributed by atoms with Gasteiger partial charge in [0, 0.05) is 12.6 Å². The van der Waals surface area contributed by atoms with Crippen LogP contribution in [0.1, 0.15) is 13.3 Å². The van der Waals surface area contributed by atoms with Crippen molar-refractivity contribution in [3.8, 4) is 0 Å². The van der Waals surface area contributed by atoms with Gasteiger partial charge < -0.3 is 21.1 Å². The summed E-state index contributed by atoms with van der Waals surface area (Å²) in [6, 6.07) is 5.16. The monoisotopic (exact) mass is 267 g/mol. The summed E-state index contributed by atoms with van der Waals surface area (Å²) in [4.78, 5) is 11.8. The number of rotatable bonds is 4. The van der Waals surface area contributed by atoms with E-state index in [1.54, 1.807) is 12.1 Å². The molecule has 1 aliphatic carbocycles. The molecule has 0 radical (unpaired) electrons. The molecule has 4 N–H and O–H groups in total. The second-order valence-electron chi connectivity index (χ2n) is 4.50. The third-order valence-corrected chi connectivity index (χ3v) is 3.17. The molecule has 1 aromatic carbocycles. The van der Waals surface area contributed by atoms with Crippen LogP contribution >= 0.6 is 0 Å². The summed E-state index contributed by atoms with van der Waals surface area (Å²) in [5.41, 5.74) is 5.96. The van der Waals surface area contributed by atoms with Gasteiger partial charge in [-0.15, -0.1) is 0 Å². The summed E-state index contributed by atoms with van der Waals surface area (Å²) in [7, 11) is 0. The van der Waals surface area contributed by atoms with Crippen molar-refractivity contribution in [1.82, 2.24) is 5.32 Å². The molecule has 1 aliphatic rings. The van der Waals surface area contributed by atoms with E-state index in [1.807, 2.05) is 6.92 Å². The lowest BCUT2D eigenvalue weighted by molar-refractivity contribution is -0.0277. The first kappa shape index (κ1) is 13.8. The van der Waals surface area contributed by atoms with Gasteiger partial charge in [0.1, 0.15) is 5.82 Å². The van der Waals surface area contributed by atoms with Crippen molar-refractivity contribution in [3.05, 3.63) is 30.1 Å². The number of hydrogen-bond acceptors (Lipinski definition) is 3. The lowest BCUT2D eigenvalue weighted by Crippen LogP contribution is -2.65. The quantitative estimate of drug-likeness (QED) is 0.773. The fraction of sp³-hybridized carbons (Fsp3) is 0.462. The van der Waals surface area contributed by atoms with Gasteiger partial charge in [-0.2, -0.15) is 0 Å². The number of nitrogens with two attached hydrogens (primary N) is 1. The van der Waals surface area contributed by atoms with E-state index in [2.05, 4.69) is 10.6 Å². The Morgan fingerprint density at radius 3 is 2.89 bits per heavy atom. The number of amides is 2. The molecular weight excluding hydrogens is 249 g/mol. The number of para-hydroxylation sites is 1. The Hall–Kier alpha value is -1.66. The van der Waals surface area contributed by atoms with Gasteiger partial charge in [-0.25, -0.2) is 9.18 Å². The number of ether oxygens (including phenoxy) is 1. The maximum Gasteiger partial charge on any atom is 0.319 e. The molecule has 0 aliphatic heterocycles. The number of carbonyl (C=O) groups excluding carboxylic acids is 1. The van der Waals surface area contributed by atoms with Crippen molar-refractivity contribution < 1.29 is 13.9 Å². The van der Waals surface area contributed by atoms with Crippen molar-refractivity contribution in [1.29, 1.82) is 0 Å². The molecule has 0 heterocycles. The molecule has 19 heavy (non-hydrogen) atoms. The van der Waals surface area contributed by atoms with Gasteiger partial charge in [-0.05, 0) is 25.5 Å². The summed E-state index contributed by atoms with van der Waals surface area (Å²) in [5, 5.41) is 5.17. The number of carbonyl (C=O) groups is 1. The lowest BCUT2D eigenvalue weighted by atomic mass is 9.83. The highest BCUT2D eigenvalue weighted by Gasteiger charge is 2.40. The Balaban J connectivity index is 1.89. The van der Waals surface area contributed by atoms with Gasteiger partial charge in [-0.1, -0.05) is 12.1 Å². The summed E-state index contributed by atoms with van der Waals surface area (Å²) >= 11 is 0. The molecule has 2 amide bonds. The maximum absolute atomic E-state index is 13.4. The van der Waals surface area contributed by atoms with Crippen LogP contribution < -0.4 is 16.4 Å². The molecule has 0 aromatic heterocycles. The molecule has 6 heteroatoms. The second kappa shape index (κ2) is 5.99. The minimum atomic E-state index is -0.477. The standard InChI is InChI=1S/C13H18FN3O2/c1-2-19-11-7-9(15)12(11)17-13(18)16-10-6-4-3-5-8(10)14/h3-6,9,11-12H,2,7,15H2,1H3,(H2,16,17,18). The van der Waals surface area contributed by atoms with Crippen LogP contribution in [-0.2, 0) is 4.74 Å². The molecule has 0 spiro atoms. The first-order valence-electron chi connectivity index (χ1n) is 6.31. The minimum absolute atomic E-state index is 0.0635. The third-order valence-electron chi connectivity index (χ3n) is 3.17. The molecule has 0 bridgehead atoms. The SMILES string of the molecule is CCOC1CC(N)C1NC(=O)Nc1ccccc1F. The van der Waals surface area contributed by atoms with E-state index in [0.29, 0.717) is 6.61 Å². The molecule has 1 aromatic rings. The summed E-state index contributed by atoms with van der Waals surface area (Å²) in [5.74, 6) is -0.475. The zero-order valence-corrected chi connectivity index (χ0v) is 10.7. The smallest absolute Gasteiger partial charge is 0.319 e. The average molecular weight is 267 g/mol. The van der Waals surface area contributed by atoms with Gasteiger partial charge in [0.25, 0.3) is 0 Å². The van der Waals surface area contributed by atoms with Gasteiger partial charge >= 0.3 is 6.03 Å². The minimum Gasteiger partial charge on any atom is -0.376 e. The summed E-state index contributed by atoms with van der Waals surface area (Å²) < 4.78 is 18.8. The predicted octanol–water partition coefficient (Wildman–Crippen LogP) is 1.45. The van der Waals surface area contributed by atoms with Crippen LogP contribution in [0.3, 0.4) is 0 Å². The van der Waals surface area contributed by atoms with Crippen molar-refractivity contribution in [2.75, 3.05) is 11.9 Å². The topological polar surface area (TPSA) is 76.4 Å². The molecule has 2 rings (SSSR count). The van der Waals surface area contributed by atoms with E-state index in [9.17, 15) is 9.18 Å². The molecular formula is C13H18FN3O2. The zero-order chi connectivity index (χ0) is 13.8. The van der Waals surface area contributed by atoms with E-state index in [-0.39, 0.29) is 23.9 Å². The Bertz CT molecular complexity index is 453. The number of nitrogens with one attached hydrogen (secondary N) is 2. The van der Waals surface area contributed by atoms with E-state index in [0.717, 1.165) is 6.42 Å². The maximum atomic E-state index is 13.4. The van der Waals surface area contributed by atoms with Gasteiger partial charge in [0.15, 0.2) is 0 Å². The highest BCUT2D eigenvalue weighted by Crippen LogP contribution is 2.22. The lowest BCUT2D eigenvalue weighted by Gasteiger charge is -2.42. The first-order valence-corrected chi connectivity index (χ1v) is 6.31. The molecule has 0 saturated heterocycles. The highest BCUT2D eigenvalue weighted by molar-refractivity contribution is 5.89. The second-order valence-corrected chi connectivity index (χ2v) is 4.50. The molecule has 1 fully saturated rings. The van der Waals surface area contributed by atoms with Gasteiger partial charge in [0.05, 0.1) is 17.8 Å². The van der Waals surface area contributed by atoms with Gasteiger partial charge in [-0.3, -0.25) is 0 Å². The largest absolute Gasteiger partial charge is 0.376 e. The highest BCUT2D eigenvalue weighted by atomic mass is 19.1. The fourth-order valence-electron chi connectivity index (χ4n) is 2.10. The van der Waals surface area contributed by atoms with E-state index >= 15 is 0 Å². The van der Waals surface area contributed by atoms with Crippen LogP contribution in [0.4, 0.5) is 14.9 Å². The molecule has 1 saturated carbocycles. The summed E-state index contributed by atoms with van der Waals surface area (Å²) in [6.07, 6.45) is 0.657. The summed E-state index contributed by atoms with van der Waals surface area (Å²) in [6.45, 7) is 2.46. The van der Waals surface area contributed by atoms with Crippen LogP contribution in [0, 0.1) is 5.82 Å². The first-order chi connectivity index (χ1) is 9.11. The Morgan fingerprint density at radius 1 is 1.53 bits per heavy atom. The number of hydrogen-bond donors (Lipinski definition) is 3. The van der Waals surface area contributed by atoms with E-state index in [4.69, 9.17) is 10.5 Å². The van der Waals surface area contributed by atoms with Crippen LogP contribution in [0.15, 0.2) is 24.3 Å². The van der Waals surface area contributed by atoms with Gasteiger partial charge in [0.2, 0.25) is 0 Å². The van der Waals surface area contributed by atoms with E-state index < -0.39 is 11.8 Å². The Morgan fingerprint density at radius 2 is 2.26 bits per heavy atom.